The normalized spacial score (nSPS) is 11.5. The molecule has 8 aromatic carbocycles. The van der Waals surface area contributed by atoms with Crippen molar-refractivity contribution in [1.82, 2.24) is 4.57 Å². The molecule has 0 amide bonds. The van der Waals surface area contributed by atoms with E-state index in [0.717, 1.165) is 39.8 Å². The van der Waals surface area contributed by atoms with Crippen LogP contribution in [-0.2, 0) is 0 Å². The second-order valence-corrected chi connectivity index (χ2v) is 14.1. The number of benzene rings is 8. The van der Waals surface area contributed by atoms with Gasteiger partial charge in [-0.1, -0.05) is 91.0 Å². The van der Waals surface area contributed by atoms with E-state index in [1.54, 1.807) is 0 Å². The van der Waals surface area contributed by atoms with Crippen LogP contribution in [0.5, 0.6) is 0 Å². The van der Waals surface area contributed by atoms with Crippen molar-refractivity contribution in [2.75, 3.05) is 9.80 Å². The molecular formula is C48H33N3S. The summed E-state index contributed by atoms with van der Waals surface area (Å²) in [7, 11) is 0. The summed E-state index contributed by atoms with van der Waals surface area (Å²) in [5, 5.41) is 4.98. The smallest absolute Gasteiger partial charge is 0.0542 e. The van der Waals surface area contributed by atoms with Gasteiger partial charge in [0.1, 0.15) is 0 Å². The summed E-state index contributed by atoms with van der Waals surface area (Å²) in [6.45, 7) is 0. The van der Waals surface area contributed by atoms with Crippen LogP contribution in [0.2, 0.25) is 0 Å². The molecule has 4 heteroatoms. The zero-order chi connectivity index (χ0) is 34.4. The average molecular weight is 684 g/mol. The molecule has 0 saturated carbocycles. The Morgan fingerprint density at radius 3 is 1.25 bits per heavy atom. The van der Waals surface area contributed by atoms with Crippen LogP contribution < -0.4 is 9.80 Å². The van der Waals surface area contributed by atoms with Gasteiger partial charge in [0.2, 0.25) is 0 Å². The molecule has 0 fully saturated rings. The monoisotopic (exact) mass is 683 g/mol. The van der Waals surface area contributed by atoms with E-state index < -0.39 is 0 Å². The van der Waals surface area contributed by atoms with Crippen LogP contribution in [0.1, 0.15) is 0 Å². The van der Waals surface area contributed by atoms with Crippen LogP contribution in [0.3, 0.4) is 0 Å². The molecule has 0 spiro atoms. The van der Waals surface area contributed by atoms with Crippen molar-refractivity contribution in [3.8, 4) is 5.69 Å². The maximum absolute atomic E-state index is 2.39. The summed E-state index contributed by atoms with van der Waals surface area (Å²) >= 11 is 1.85. The fraction of sp³-hybridized carbons (Fsp3) is 0. The Bertz CT molecular complexity index is 2800. The van der Waals surface area contributed by atoms with Gasteiger partial charge in [-0.15, -0.1) is 11.3 Å². The zero-order valence-corrected chi connectivity index (χ0v) is 29.1. The first-order chi connectivity index (χ1) is 25.8. The van der Waals surface area contributed by atoms with E-state index >= 15 is 0 Å². The van der Waals surface area contributed by atoms with Crippen LogP contribution in [0.4, 0.5) is 34.1 Å². The third kappa shape index (κ3) is 5.12. The van der Waals surface area contributed by atoms with Crippen LogP contribution in [0.15, 0.2) is 200 Å². The van der Waals surface area contributed by atoms with Gasteiger partial charge in [0.25, 0.3) is 0 Å². The molecule has 0 aliphatic rings. The van der Waals surface area contributed by atoms with Gasteiger partial charge >= 0.3 is 0 Å². The van der Waals surface area contributed by atoms with Crippen molar-refractivity contribution in [3.63, 3.8) is 0 Å². The minimum absolute atomic E-state index is 1.12. The number of aromatic nitrogens is 1. The maximum atomic E-state index is 2.39. The first kappa shape index (κ1) is 30.2. The van der Waals surface area contributed by atoms with Gasteiger partial charge in [-0.25, -0.2) is 0 Å². The molecule has 2 heterocycles. The summed E-state index contributed by atoms with van der Waals surface area (Å²) in [4.78, 5) is 4.73. The highest BCUT2D eigenvalue weighted by Gasteiger charge is 2.19. The number of hydrogen-bond donors (Lipinski definition) is 0. The van der Waals surface area contributed by atoms with Gasteiger partial charge in [0.15, 0.2) is 0 Å². The largest absolute Gasteiger partial charge is 0.310 e. The minimum Gasteiger partial charge on any atom is -0.310 e. The Morgan fingerprint density at radius 1 is 0.308 bits per heavy atom. The van der Waals surface area contributed by atoms with Crippen LogP contribution in [-0.4, -0.2) is 4.57 Å². The minimum atomic E-state index is 1.12. The Balaban J connectivity index is 1.15. The lowest BCUT2D eigenvalue weighted by Gasteiger charge is -2.26. The lowest BCUT2D eigenvalue weighted by molar-refractivity contribution is 1.18. The SMILES string of the molecule is c1ccc(N(c2ccccc2)c2ccc3sc4ccc(N(c5ccccc5)c5ccc6c(c5)c5ccccc5n6-c5ccccc5)cc4c3c2)cc1. The van der Waals surface area contributed by atoms with Crippen molar-refractivity contribution >= 4 is 87.4 Å². The molecule has 246 valence electrons. The van der Waals surface area contributed by atoms with E-state index in [0.29, 0.717) is 0 Å². The van der Waals surface area contributed by atoms with E-state index in [1.807, 2.05) is 11.3 Å². The topological polar surface area (TPSA) is 11.4 Å². The second kappa shape index (κ2) is 12.6. The number of nitrogens with zero attached hydrogens (tertiary/aromatic N) is 3. The summed E-state index contributed by atoms with van der Waals surface area (Å²) < 4.78 is 4.92. The van der Waals surface area contributed by atoms with E-state index in [-0.39, 0.29) is 0 Å². The van der Waals surface area contributed by atoms with Crippen LogP contribution in [0, 0.1) is 0 Å². The van der Waals surface area contributed by atoms with E-state index in [4.69, 9.17) is 0 Å². The summed E-state index contributed by atoms with van der Waals surface area (Å²) in [5.74, 6) is 0. The molecule has 0 atom stereocenters. The predicted octanol–water partition coefficient (Wildman–Crippen LogP) is 14.1. The number of hydrogen-bond acceptors (Lipinski definition) is 3. The molecule has 3 nitrogen and oxygen atoms in total. The average Bonchev–Trinajstić information content (AvgIpc) is 3.75. The highest BCUT2D eigenvalue weighted by Crippen LogP contribution is 2.44. The van der Waals surface area contributed by atoms with Gasteiger partial charge in [-0.05, 0) is 109 Å². The quantitative estimate of drug-likeness (QED) is 0.166. The third-order valence-electron chi connectivity index (χ3n) is 9.92. The van der Waals surface area contributed by atoms with Crippen molar-refractivity contribution in [1.29, 1.82) is 0 Å². The van der Waals surface area contributed by atoms with Crippen molar-refractivity contribution in [3.05, 3.63) is 200 Å². The first-order valence-electron chi connectivity index (χ1n) is 17.6. The van der Waals surface area contributed by atoms with E-state index in [2.05, 4.69) is 215 Å². The van der Waals surface area contributed by atoms with Gasteiger partial charge < -0.3 is 14.4 Å². The molecular weight excluding hydrogens is 651 g/mol. The van der Waals surface area contributed by atoms with Gasteiger partial charge in [-0.3, -0.25) is 0 Å². The number of fused-ring (bicyclic) bond motifs is 6. The van der Waals surface area contributed by atoms with Crippen molar-refractivity contribution in [2.45, 2.75) is 0 Å². The second-order valence-electron chi connectivity index (χ2n) is 13.0. The zero-order valence-electron chi connectivity index (χ0n) is 28.3. The number of rotatable bonds is 7. The van der Waals surface area contributed by atoms with E-state index in [1.165, 1.54) is 42.0 Å². The summed E-state index contributed by atoms with van der Waals surface area (Å²) in [6, 6.07) is 72.0. The summed E-state index contributed by atoms with van der Waals surface area (Å²) in [6.07, 6.45) is 0. The highest BCUT2D eigenvalue weighted by atomic mass is 32.1. The maximum Gasteiger partial charge on any atom is 0.0542 e. The third-order valence-corrected chi connectivity index (χ3v) is 11.1. The fourth-order valence-corrected chi connectivity index (χ4v) is 8.68. The molecule has 10 aromatic rings. The van der Waals surface area contributed by atoms with E-state index in [9.17, 15) is 0 Å². The van der Waals surface area contributed by atoms with Gasteiger partial charge in [-0.2, -0.15) is 0 Å². The standard InChI is InChI=1S/C48H33N3S/c1-5-15-34(16-6-1)49(35-17-7-2-8-18-35)39-26-29-47-43(32-39)44-33-40(27-30-48(44)52-47)50(36-19-9-3-10-20-36)38-25-28-46-42(31-38)41-23-13-14-24-45(41)51(46)37-21-11-4-12-22-37/h1-33H. The molecule has 0 saturated heterocycles. The van der Waals surface area contributed by atoms with Gasteiger partial charge in [0.05, 0.1) is 11.0 Å². The van der Waals surface area contributed by atoms with Crippen LogP contribution in [0.25, 0.3) is 47.7 Å². The Hall–Kier alpha value is -6.62. The first-order valence-corrected chi connectivity index (χ1v) is 18.4. The molecule has 52 heavy (non-hydrogen) atoms. The molecule has 0 N–H and O–H groups in total. The highest BCUT2D eigenvalue weighted by molar-refractivity contribution is 7.25. The molecule has 2 aromatic heterocycles. The Morgan fingerprint density at radius 2 is 0.712 bits per heavy atom. The van der Waals surface area contributed by atoms with Crippen molar-refractivity contribution < 1.29 is 0 Å². The molecule has 0 bridgehead atoms. The predicted molar refractivity (Wildman–Crippen MR) is 223 cm³/mol. The molecule has 10 rings (SSSR count). The van der Waals surface area contributed by atoms with Crippen LogP contribution >= 0.6 is 11.3 Å². The fourth-order valence-electron chi connectivity index (χ4n) is 7.61. The molecule has 0 aliphatic carbocycles. The molecule has 0 aliphatic heterocycles. The Labute approximate surface area is 306 Å². The lowest BCUT2D eigenvalue weighted by Crippen LogP contribution is -2.10. The number of thiophene rings is 1. The number of para-hydroxylation sites is 5. The molecule has 0 unspecified atom stereocenters. The molecule has 0 radical (unpaired) electrons. The lowest BCUT2D eigenvalue weighted by atomic mass is 10.1. The van der Waals surface area contributed by atoms with Crippen molar-refractivity contribution in [2.24, 2.45) is 0 Å². The van der Waals surface area contributed by atoms with Gasteiger partial charge in [0, 0.05) is 70.8 Å². The Kier molecular flexibility index (Phi) is 7.33. The summed E-state index contributed by atoms with van der Waals surface area (Å²) in [5.41, 5.74) is 10.3. The number of anilines is 6.